The Morgan fingerprint density at radius 2 is 1.33 bits per heavy atom. The van der Waals surface area contributed by atoms with E-state index in [1.54, 1.807) is 9.80 Å². The second-order valence-corrected chi connectivity index (χ2v) is 12.5. The molecule has 3 aromatic carbocycles. The molecule has 228 valence electrons. The molecule has 0 spiro atoms. The fourth-order valence-corrected chi connectivity index (χ4v) is 6.74. The molecule has 0 bridgehead atoms. The van der Waals surface area contributed by atoms with E-state index in [4.69, 9.17) is 5.73 Å². The lowest BCUT2D eigenvalue weighted by Gasteiger charge is -2.36. The minimum atomic E-state index is -1.16. The zero-order valence-corrected chi connectivity index (χ0v) is 26.0. The molecule has 8 heteroatoms. The molecule has 2 amide bonds. The molecule has 0 unspecified atom stereocenters. The average molecular weight is 584 g/mol. The van der Waals surface area contributed by atoms with Crippen LogP contribution in [-0.4, -0.2) is 67.1 Å². The number of fused-ring (bicyclic) bond motifs is 1. The summed E-state index contributed by atoms with van der Waals surface area (Å²) in [5, 5.41) is 31.7. The van der Waals surface area contributed by atoms with E-state index >= 15 is 0 Å². The Morgan fingerprint density at radius 1 is 0.791 bits per heavy atom. The molecule has 43 heavy (non-hydrogen) atoms. The van der Waals surface area contributed by atoms with Gasteiger partial charge < -0.3 is 25.7 Å². The number of aromatic nitrogens is 2. The third kappa shape index (κ3) is 6.71. The van der Waals surface area contributed by atoms with Gasteiger partial charge in [-0.1, -0.05) is 78.1 Å². The highest BCUT2D eigenvalue weighted by atomic mass is 16.3. The molecule has 1 aromatic heterocycles. The summed E-state index contributed by atoms with van der Waals surface area (Å²) in [4.78, 5) is 18.3. The van der Waals surface area contributed by atoms with Crippen LogP contribution in [0.2, 0.25) is 0 Å². The van der Waals surface area contributed by atoms with E-state index in [0.717, 1.165) is 62.7 Å². The molecule has 2 heterocycles. The number of rotatable bonds is 9. The van der Waals surface area contributed by atoms with Gasteiger partial charge in [0.05, 0.1) is 17.6 Å². The number of hydrogen-bond acceptors (Lipinski definition) is 5. The number of urea groups is 1. The highest BCUT2D eigenvalue weighted by Crippen LogP contribution is 2.30. The maximum atomic E-state index is 14.7. The molecule has 0 radical (unpaired) electrons. The minimum absolute atomic E-state index is 0.173. The number of nitrogens with one attached hydrogen (secondary N) is 1. The number of carbonyl (C=O) groups is 1. The predicted octanol–water partition coefficient (Wildman–Crippen LogP) is 5.36. The number of unbranched alkanes of at least 4 members (excludes halogenated alkanes) is 1. The van der Waals surface area contributed by atoms with Crippen molar-refractivity contribution in [3.8, 4) is 0 Å². The lowest BCUT2D eigenvalue weighted by atomic mass is 9.89. The Kier molecular flexibility index (Phi) is 9.08. The maximum absolute atomic E-state index is 14.7. The van der Waals surface area contributed by atoms with Crippen LogP contribution in [0.25, 0.3) is 10.9 Å². The van der Waals surface area contributed by atoms with Crippen molar-refractivity contribution in [3.63, 3.8) is 0 Å². The summed E-state index contributed by atoms with van der Waals surface area (Å²) < 4.78 is 0. The molecule has 0 saturated carbocycles. The number of aryl methyl sites for hydroxylation is 4. The fraction of sp³-hybridized carbons (Fsp3) is 0.429. The topological polar surface area (TPSA) is 119 Å². The number of hydrogen-bond donors (Lipinski definition) is 4. The Morgan fingerprint density at radius 3 is 1.86 bits per heavy atom. The van der Waals surface area contributed by atoms with Crippen molar-refractivity contribution in [2.75, 3.05) is 12.3 Å². The van der Waals surface area contributed by atoms with Gasteiger partial charge in [0.25, 0.3) is 0 Å². The van der Waals surface area contributed by atoms with Gasteiger partial charge in [0.2, 0.25) is 0 Å². The zero-order valence-electron chi connectivity index (χ0n) is 26.0. The summed E-state index contributed by atoms with van der Waals surface area (Å²) in [5.41, 5.74) is 14.4. The minimum Gasteiger partial charge on any atom is -0.388 e. The first-order chi connectivity index (χ1) is 20.5. The van der Waals surface area contributed by atoms with E-state index < -0.39 is 24.3 Å². The number of anilines is 1. The third-order valence-electron chi connectivity index (χ3n) is 8.65. The van der Waals surface area contributed by atoms with Crippen molar-refractivity contribution >= 4 is 22.8 Å². The van der Waals surface area contributed by atoms with Crippen LogP contribution in [0.1, 0.15) is 58.7 Å². The van der Waals surface area contributed by atoms with Gasteiger partial charge in [-0.3, -0.25) is 5.10 Å². The van der Waals surface area contributed by atoms with Crippen LogP contribution in [0.4, 0.5) is 10.6 Å². The third-order valence-corrected chi connectivity index (χ3v) is 8.65. The first kappa shape index (κ1) is 30.6. The number of benzene rings is 3. The molecule has 1 aliphatic rings. The van der Waals surface area contributed by atoms with Crippen molar-refractivity contribution in [2.45, 2.75) is 91.1 Å². The zero-order chi connectivity index (χ0) is 30.8. The highest BCUT2D eigenvalue weighted by molar-refractivity contribution is 5.89. The van der Waals surface area contributed by atoms with Gasteiger partial charge in [-0.05, 0) is 75.8 Å². The smallest absolute Gasteiger partial charge is 0.321 e. The van der Waals surface area contributed by atoms with Crippen LogP contribution in [0.3, 0.4) is 0 Å². The number of amides is 2. The molecule has 1 aliphatic heterocycles. The molecule has 5 rings (SSSR count). The van der Waals surface area contributed by atoms with Gasteiger partial charge in [-0.25, -0.2) is 4.79 Å². The van der Waals surface area contributed by atoms with Gasteiger partial charge in [-0.2, -0.15) is 5.10 Å². The summed E-state index contributed by atoms with van der Waals surface area (Å²) in [6.45, 7) is 11.1. The Labute approximate surface area is 254 Å². The Hall–Kier alpha value is -3.88. The second kappa shape index (κ2) is 12.8. The van der Waals surface area contributed by atoms with Crippen LogP contribution in [0.15, 0.2) is 54.6 Å². The van der Waals surface area contributed by atoms with Crippen molar-refractivity contribution in [1.82, 2.24) is 20.0 Å². The van der Waals surface area contributed by atoms with Crippen LogP contribution in [0.5, 0.6) is 0 Å². The van der Waals surface area contributed by atoms with Crippen molar-refractivity contribution in [1.29, 1.82) is 0 Å². The molecule has 8 nitrogen and oxygen atoms in total. The first-order valence-electron chi connectivity index (χ1n) is 15.3. The monoisotopic (exact) mass is 583 g/mol. The number of nitrogen functional groups attached to an aromatic ring is 1. The van der Waals surface area contributed by atoms with E-state index in [1.807, 2.05) is 18.2 Å². The number of carbonyl (C=O) groups excluding carboxylic acids is 1. The quantitative estimate of drug-likeness (QED) is 0.212. The fourth-order valence-electron chi connectivity index (χ4n) is 6.74. The Bertz CT molecular complexity index is 1560. The molecule has 5 N–H and O–H groups in total. The summed E-state index contributed by atoms with van der Waals surface area (Å²) >= 11 is 0. The largest absolute Gasteiger partial charge is 0.388 e. The van der Waals surface area contributed by atoms with E-state index in [1.165, 1.54) is 0 Å². The summed E-state index contributed by atoms with van der Waals surface area (Å²) in [6.07, 6.45) is 0.286. The predicted molar refractivity (Wildman–Crippen MR) is 172 cm³/mol. The van der Waals surface area contributed by atoms with E-state index in [-0.39, 0.29) is 12.6 Å². The lowest BCUT2D eigenvalue weighted by molar-refractivity contribution is -0.0402. The van der Waals surface area contributed by atoms with Crippen LogP contribution in [0, 0.1) is 27.7 Å². The summed E-state index contributed by atoms with van der Waals surface area (Å²) in [5.74, 6) is 0.402. The first-order valence-corrected chi connectivity index (χ1v) is 15.3. The van der Waals surface area contributed by atoms with Gasteiger partial charge in [0.1, 0.15) is 12.2 Å². The molecule has 4 aromatic rings. The van der Waals surface area contributed by atoms with Gasteiger partial charge in [0.15, 0.2) is 5.82 Å². The molecule has 1 saturated heterocycles. The number of aliphatic hydroxyl groups is 2. The van der Waals surface area contributed by atoms with Crippen molar-refractivity contribution in [2.24, 2.45) is 0 Å². The second-order valence-electron chi connectivity index (χ2n) is 12.5. The van der Waals surface area contributed by atoms with Gasteiger partial charge in [0, 0.05) is 18.5 Å². The summed E-state index contributed by atoms with van der Waals surface area (Å²) in [7, 11) is 0. The standard InChI is InChI=1S/C35H45N5O3/c1-6-7-10-39-30(18-26-13-21(2)11-22(3)14-26)32(41)33(42)31(19-27-15-23(4)12-24(5)16-27)40(35(39)43)20-25-8-9-29-28(17-25)34(36)38-37-29/h8-9,11-17,30-33,41-42H,6-7,10,18-20H2,1-5H3,(H3,36,37,38)/t30-,31-,32+,33+/m1/s1. The average Bonchev–Trinajstić information content (AvgIpc) is 3.29. The molecular weight excluding hydrogens is 538 g/mol. The van der Waals surface area contributed by atoms with Gasteiger partial charge >= 0.3 is 6.03 Å². The van der Waals surface area contributed by atoms with Crippen molar-refractivity contribution < 1.29 is 15.0 Å². The van der Waals surface area contributed by atoms with E-state index in [2.05, 4.69) is 81.2 Å². The summed E-state index contributed by atoms with van der Waals surface area (Å²) in [6, 6.07) is 17.1. The lowest BCUT2D eigenvalue weighted by Crippen LogP contribution is -2.51. The number of nitrogens with zero attached hydrogens (tertiary/aromatic N) is 3. The molecule has 0 aliphatic carbocycles. The van der Waals surface area contributed by atoms with E-state index in [0.29, 0.717) is 25.2 Å². The van der Waals surface area contributed by atoms with Crippen molar-refractivity contribution in [3.05, 3.63) is 93.5 Å². The molecule has 1 fully saturated rings. The van der Waals surface area contributed by atoms with Crippen LogP contribution in [-0.2, 0) is 19.4 Å². The van der Waals surface area contributed by atoms with Gasteiger partial charge in [-0.15, -0.1) is 0 Å². The molecule has 4 atom stereocenters. The van der Waals surface area contributed by atoms with Crippen LogP contribution < -0.4 is 5.73 Å². The molecular formula is C35H45N5O3. The number of aromatic amines is 1. The van der Waals surface area contributed by atoms with Crippen LogP contribution >= 0.6 is 0 Å². The SMILES string of the molecule is CCCCN1C(=O)N(Cc2ccc3[nH]nc(N)c3c2)[C@H](Cc2cc(C)cc(C)c2)[C@H](O)[C@@H](O)[C@H]1Cc1cc(C)cc(C)c1. The number of H-pyrrole nitrogens is 1. The maximum Gasteiger partial charge on any atom is 0.321 e. The number of aliphatic hydroxyl groups excluding tert-OH is 2. The highest BCUT2D eigenvalue weighted by Gasteiger charge is 2.46. The van der Waals surface area contributed by atoms with E-state index in [9.17, 15) is 15.0 Å². The Balaban J connectivity index is 1.59. The normalized spacial score (nSPS) is 21.0. The number of nitrogens with two attached hydrogens (primary N) is 1.